The van der Waals surface area contributed by atoms with Gasteiger partial charge in [-0.25, -0.2) is 19.6 Å². The van der Waals surface area contributed by atoms with Crippen molar-refractivity contribution in [1.29, 1.82) is 0 Å². The zero-order valence-corrected chi connectivity index (χ0v) is 34.3. The lowest BCUT2D eigenvalue weighted by Gasteiger charge is -2.27. The van der Waals surface area contributed by atoms with Crippen LogP contribution in [0.25, 0.3) is 33.6 Å². The molecule has 2 unspecified atom stereocenters. The van der Waals surface area contributed by atoms with Crippen molar-refractivity contribution in [1.82, 2.24) is 29.7 Å². The molecule has 0 spiro atoms. The van der Waals surface area contributed by atoms with Gasteiger partial charge in [-0.1, -0.05) is 91.0 Å². The van der Waals surface area contributed by atoms with E-state index in [-0.39, 0.29) is 23.9 Å². The first-order valence-electron chi connectivity index (χ1n) is 20.4. The Balaban J connectivity index is 0.986. The minimum atomic E-state index is -1.15. The van der Waals surface area contributed by atoms with Crippen LogP contribution in [-0.2, 0) is 19.1 Å². The third kappa shape index (κ3) is 8.21. The van der Waals surface area contributed by atoms with E-state index in [1.807, 2.05) is 18.3 Å². The van der Waals surface area contributed by atoms with Crippen LogP contribution in [0.3, 0.4) is 0 Å². The molecule has 312 valence electrons. The largest absolute Gasteiger partial charge is 0.431 e. The highest BCUT2D eigenvalue weighted by atomic mass is 16.6. The molecule has 6 N–H and O–H groups in total. The predicted octanol–water partition coefficient (Wildman–Crippen LogP) is 8.06. The number of hydrogen-bond acceptors (Lipinski definition) is 8. The number of nitrogens with one attached hydrogen (secondary N) is 2. The summed E-state index contributed by atoms with van der Waals surface area (Å²) in [7, 11) is 0. The van der Waals surface area contributed by atoms with Crippen LogP contribution in [0.2, 0.25) is 0 Å². The highest BCUT2D eigenvalue weighted by molar-refractivity contribution is 5.86. The Bertz CT molecular complexity index is 2570. The van der Waals surface area contributed by atoms with Crippen molar-refractivity contribution < 1.29 is 28.7 Å². The van der Waals surface area contributed by atoms with E-state index in [4.69, 9.17) is 30.9 Å². The summed E-state index contributed by atoms with van der Waals surface area (Å²) in [4.78, 5) is 71.1. The zero-order valence-electron chi connectivity index (χ0n) is 34.3. The Kier molecular flexibility index (Phi) is 11.4. The summed E-state index contributed by atoms with van der Waals surface area (Å²) in [5.74, 6) is 0.658. The van der Waals surface area contributed by atoms with Crippen molar-refractivity contribution in [2.75, 3.05) is 13.1 Å². The highest BCUT2D eigenvalue weighted by Gasteiger charge is 2.39. The molecule has 2 saturated heterocycles. The van der Waals surface area contributed by atoms with Crippen LogP contribution in [0.4, 0.5) is 9.59 Å². The summed E-state index contributed by atoms with van der Waals surface area (Å²) in [6.45, 7) is 7.32. The zero-order chi connectivity index (χ0) is 42.8. The van der Waals surface area contributed by atoms with Crippen LogP contribution < -0.4 is 11.5 Å². The summed E-state index contributed by atoms with van der Waals surface area (Å²) in [5, 5.41) is 0. The molecule has 4 amide bonds. The van der Waals surface area contributed by atoms with Crippen molar-refractivity contribution >= 4 is 24.0 Å². The van der Waals surface area contributed by atoms with Gasteiger partial charge in [0, 0.05) is 29.8 Å². The smallest absolute Gasteiger partial charge is 0.405 e. The van der Waals surface area contributed by atoms with Crippen molar-refractivity contribution in [3.05, 3.63) is 143 Å². The van der Waals surface area contributed by atoms with E-state index in [1.54, 1.807) is 64.5 Å². The van der Waals surface area contributed by atoms with Gasteiger partial charge in [-0.15, -0.1) is 0 Å². The van der Waals surface area contributed by atoms with E-state index in [2.05, 4.69) is 61.1 Å². The van der Waals surface area contributed by atoms with Gasteiger partial charge in [-0.05, 0) is 79.8 Å². The van der Waals surface area contributed by atoms with Crippen molar-refractivity contribution in [2.45, 2.75) is 70.7 Å². The molecule has 2 aliphatic heterocycles. The maximum atomic E-state index is 13.9. The second-order valence-electron chi connectivity index (χ2n) is 15.6. The van der Waals surface area contributed by atoms with Crippen molar-refractivity contribution in [3.8, 4) is 33.6 Å². The standard InChI is InChI=1S/C47H48N8O6/c1-27-24-34(28(2)29(3)39(27)36-26-51-43(53-36)38-17-11-23-55(38)45(57)41(61-47(49)59)33-14-8-5-9-15-33)30-18-20-31(21-19-30)35-25-50-42(52-35)37-16-10-22-54(37)44(56)40(60-46(48)58)32-12-6-4-7-13-32/h4-9,12-15,18-21,24-26,37-38,40-41H,10-11,16-17,22-23H2,1-3H3,(H2,48,58)(H2,49,59)(H,50,52)(H,51,53)/t37?,38?,40-,41-/m1/s1. The van der Waals surface area contributed by atoms with Gasteiger partial charge in [0.15, 0.2) is 0 Å². The molecule has 61 heavy (non-hydrogen) atoms. The molecule has 6 aromatic rings. The lowest BCUT2D eigenvalue weighted by Crippen LogP contribution is -2.37. The third-order valence-corrected chi connectivity index (χ3v) is 11.9. The van der Waals surface area contributed by atoms with Crippen LogP contribution in [0.1, 0.15) is 89.4 Å². The fourth-order valence-corrected chi connectivity index (χ4v) is 8.85. The Morgan fingerprint density at radius 2 is 1.10 bits per heavy atom. The molecular weight excluding hydrogens is 773 g/mol. The Morgan fingerprint density at radius 3 is 1.59 bits per heavy atom. The number of benzene rings is 4. The number of primary amides is 2. The number of carbonyl (C=O) groups is 4. The number of nitrogens with zero attached hydrogens (tertiary/aromatic N) is 4. The van der Waals surface area contributed by atoms with Crippen molar-refractivity contribution in [2.24, 2.45) is 11.5 Å². The number of ether oxygens (including phenoxy) is 2. The SMILES string of the molecule is Cc1cc(-c2ccc(-c3cnc(C4CCCN4C(=O)[C@H](OC(N)=O)c4ccccc4)[nH]3)cc2)c(C)c(C)c1-c1cnc(C2CCCN2C(=O)[C@H](OC(N)=O)c2ccccc2)[nH]1. The summed E-state index contributed by atoms with van der Waals surface area (Å²) < 4.78 is 10.6. The number of imidazole rings is 2. The number of aromatic nitrogens is 4. The molecule has 4 atom stereocenters. The number of rotatable bonds is 11. The number of aryl methyl sites for hydroxylation is 1. The van der Waals surface area contributed by atoms with Gasteiger partial charge in [0.25, 0.3) is 11.8 Å². The Labute approximate surface area is 353 Å². The van der Waals surface area contributed by atoms with Gasteiger partial charge in [-0.3, -0.25) is 9.59 Å². The second-order valence-corrected chi connectivity index (χ2v) is 15.6. The maximum absolute atomic E-state index is 13.9. The summed E-state index contributed by atoms with van der Waals surface area (Å²) in [6.07, 6.45) is 2.28. The molecular formula is C47H48N8O6. The maximum Gasteiger partial charge on any atom is 0.405 e. The van der Waals surface area contributed by atoms with Gasteiger partial charge in [0.1, 0.15) is 11.6 Å². The average Bonchev–Trinajstić information content (AvgIpc) is 4.11. The first kappa shape index (κ1) is 40.6. The number of H-pyrrole nitrogens is 2. The second kappa shape index (κ2) is 17.2. The van der Waals surface area contributed by atoms with Gasteiger partial charge in [-0.2, -0.15) is 0 Å². The fraction of sp³-hybridized carbons (Fsp3) is 0.277. The number of carbonyl (C=O) groups excluding carboxylic acids is 4. The number of likely N-dealkylation sites (tertiary alicyclic amines) is 2. The molecule has 4 heterocycles. The average molecular weight is 821 g/mol. The van der Waals surface area contributed by atoms with E-state index in [0.717, 1.165) is 63.2 Å². The Morgan fingerprint density at radius 1 is 0.639 bits per heavy atom. The monoisotopic (exact) mass is 820 g/mol. The van der Waals surface area contributed by atoms with Crippen LogP contribution >= 0.6 is 0 Å². The number of amides is 4. The molecule has 0 radical (unpaired) electrons. The molecule has 14 heteroatoms. The predicted molar refractivity (Wildman–Crippen MR) is 228 cm³/mol. The molecule has 8 rings (SSSR count). The lowest BCUT2D eigenvalue weighted by atomic mass is 9.89. The van der Waals surface area contributed by atoms with Gasteiger partial charge in [0.2, 0.25) is 12.2 Å². The van der Waals surface area contributed by atoms with Crippen LogP contribution in [-0.4, -0.2) is 66.8 Å². The summed E-state index contributed by atoms with van der Waals surface area (Å²) in [6, 6.07) is 27.6. The first-order chi connectivity index (χ1) is 29.5. The molecule has 0 bridgehead atoms. The van der Waals surface area contributed by atoms with Gasteiger partial charge >= 0.3 is 12.2 Å². The summed E-state index contributed by atoms with van der Waals surface area (Å²) in [5.41, 5.74) is 21.0. The minimum absolute atomic E-state index is 0.309. The van der Waals surface area contributed by atoms with Crippen LogP contribution in [0.5, 0.6) is 0 Å². The van der Waals surface area contributed by atoms with E-state index in [9.17, 15) is 19.2 Å². The number of hydrogen-bond donors (Lipinski definition) is 4. The molecule has 0 saturated carbocycles. The molecule has 14 nitrogen and oxygen atoms in total. The van der Waals surface area contributed by atoms with Crippen molar-refractivity contribution in [3.63, 3.8) is 0 Å². The van der Waals surface area contributed by atoms with Crippen LogP contribution in [0.15, 0.2) is 103 Å². The topological polar surface area (TPSA) is 203 Å². The van der Waals surface area contributed by atoms with E-state index >= 15 is 0 Å². The van der Waals surface area contributed by atoms with Crippen LogP contribution in [0, 0.1) is 20.8 Å². The molecule has 2 aliphatic rings. The van der Waals surface area contributed by atoms with Gasteiger partial charge in [0.05, 0.1) is 35.9 Å². The third-order valence-electron chi connectivity index (χ3n) is 11.9. The molecule has 2 fully saturated rings. The van der Waals surface area contributed by atoms with E-state index in [0.29, 0.717) is 48.7 Å². The number of nitrogens with two attached hydrogens (primary N) is 2. The fourth-order valence-electron chi connectivity index (χ4n) is 8.85. The lowest BCUT2D eigenvalue weighted by molar-refractivity contribution is -0.142. The molecule has 4 aromatic carbocycles. The number of aromatic amines is 2. The van der Waals surface area contributed by atoms with E-state index < -0.39 is 24.4 Å². The van der Waals surface area contributed by atoms with E-state index in [1.165, 1.54) is 0 Å². The summed E-state index contributed by atoms with van der Waals surface area (Å²) >= 11 is 0. The quantitative estimate of drug-likeness (QED) is 0.100. The molecule has 0 aliphatic carbocycles. The first-order valence-corrected chi connectivity index (χ1v) is 20.4. The highest BCUT2D eigenvalue weighted by Crippen LogP contribution is 2.39. The van der Waals surface area contributed by atoms with Gasteiger partial charge < -0.3 is 40.7 Å². The Hall–Kier alpha value is -7.22. The normalized spacial score (nSPS) is 17.2. The minimum Gasteiger partial charge on any atom is -0.431 e. The molecule has 2 aromatic heterocycles.